The molecule has 0 fully saturated rings. The highest BCUT2D eigenvalue weighted by Crippen LogP contribution is 2.39. The van der Waals surface area contributed by atoms with Crippen molar-refractivity contribution in [3.05, 3.63) is 164 Å². The van der Waals surface area contributed by atoms with E-state index in [1.54, 1.807) is 0 Å². The van der Waals surface area contributed by atoms with Crippen LogP contribution in [0.5, 0.6) is 0 Å². The van der Waals surface area contributed by atoms with Gasteiger partial charge < -0.3 is 0 Å². The zero-order valence-corrected chi connectivity index (χ0v) is 24.9. The SMILES string of the molecule is c1ccc(-c2nc(-c3cc4ccccc4cc3-c3ccccc3)nc(-c3cccc4ccc5c6ccccc6ccc5c34)n2)cc1. The summed E-state index contributed by atoms with van der Waals surface area (Å²) in [7, 11) is 0. The van der Waals surface area contributed by atoms with E-state index in [1.165, 1.54) is 26.9 Å². The van der Waals surface area contributed by atoms with E-state index in [2.05, 4.69) is 140 Å². The highest BCUT2D eigenvalue weighted by molar-refractivity contribution is 6.20. The van der Waals surface area contributed by atoms with Crippen molar-refractivity contribution in [3.63, 3.8) is 0 Å². The van der Waals surface area contributed by atoms with Crippen LogP contribution in [0.15, 0.2) is 164 Å². The fourth-order valence-electron chi connectivity index (χ4n) is 6.68. The van der Waals surface area contributed by atoms with E-state index in [0.717, 1.165) is 44.0 Å². The minimum absolute atomic E-state index is 0.649. The molecule has 1 heterocycles. The van der Waals surface area contributed by atoms with Crippen LogP contribution in [0.1, 0.15) is 0 Å². The molecule has 0 radical (unpaired) electrons. The predicted molar refractivity (Wildman–Crippen MR) is 192 cm³/mol. The molecule has 0 N–H and O–H groups in total. The van der Waals surface area contributed by atoms with Crippen molar-refractivity contribution in [1.29, 1.82) is 0 Å². The monoisotopic (exact) mass is 585 g/mol. The van der Waals surface area contributed by atoms with E-state index >= 15 is 0 Å². The van der Waals surface area contributed by atoms with Crippen LogP contribution in [0.3, 0.4) is 0 Å². The average Bonchev–Trinajstić information content (AvgIpc) is 3.14. The number of aromatic nitrogens is 3. The Kier molecular flexibility index (Phi) is 6.14. The molecule has 0 aliphatic carbocycles. The number of nitrogens with zero attached hydrogens (tertiary/aromatic N) is 3. The largest absolute Gasteiger partial charge is 0.208 e. The molecule has 1 aromatic heterocycles. The lowest BCUT2D eigenvalue weighted by Crippen LogP contribution is -2.01. The van der Waals surface area contributed by atoms with Crippen LogP contribution in [0, 0.1) is 0 Å². The molecular formula is C43H27N3. The molecule has 9 aromatic rings. The molecule has 0 saturated heterocycles. The smallest absolute Gasteiger partial charge is 0.164 e. The van der Waals surface area contributed by atoms with Crippen LogP contribution in [-0.4, -0.2) is 15.0 Å². The lowest BCUT2D eigenvalue weighted by Gasteiger charge is -2.15. The van der Waals surface area contributed by atoms with Crippen LogP contribution < -0.4 is 0 Å². The fraction of sp³-hybridized carbons (Fsp3) is 0. The maximum absolute atomic E-state index is 5.29. The number of rotatable bonds is 4. The first kappa shape index (κ1) is 26.2. The van der Waals surface area contributed by atoms with Crippen molar-refractivity contribution in [2.24, 2.45) is 0 Å². The number of hydrogen-bond acceptors (Lipinski definition) is 3. The molecule has 0 saturated carbocycles. The van der Waals surface area contributed by atoms with Crippen molar-refractivity contribution in [1.82, 2.24) is 15.0 Å². The van der Waals surface area contributed by atoms with Crippen molar-refractivity contribution in [2.75, 3.05) is 0 Å². The van der Waals surface area contributed by atoms with Gasteiger partial charge in [-0.2, -0.15) is 0 Å². The summed E-state index contributed by atoms with van der Waals surface area (Å²) in [5.74, 6) is 1.95. The summed E-state index contributed by atoms with van der Waals surface area (Å²) < 4.78 is 0. The molecule has 0 bridgehead atoms. The second-order valence-corrected chi connectivity index (χ2v) is 11.6. The van der Waals surface area contributed by atoms with E-state index in [1.807, 2.05) is 24.3 Å². The van der Waals surface area contributed by atoms with Gasteiger partial charge in [0.15, 0.2) is 17.5 Å². The topological polar surface area (TPSA) is 38.7 Å². The number of hydrogen-bond donors (Lipinski definition) is 0. The summed E-state index contributed by atoms with van der Waals surface area (Å²) in [6, 6.07) is 57.5. The summed E-state index contributed by atoms with van der Waals surface area (Å²) in [6.45, 7) is 0. The van der Waals surface area contributed by atoms with Gasteiger partial charge in [0.2, 0.25) is 0 Å². The van der Waals surface area contributed by atoms with Crippen molar-refractivity contribution < 1.29 is 0 Å². The Hall–Kier alpha value is -6.19. The molecule has 214 valence electrons. The zero-order chi connectivity index (χ0) is 30.5. The molecule has 46 heavy (non-hydrogen) atoms. The molecule has 8 aromatic carbocycles. The second-order valence-electron chi connectivity index (χ2n) is 11.6. The van der Waals surface area contributed by atoms with Crippen LogP contribution in [0.25, 0.3) is 88.4 Å². The van der Waals surface area contributed by atoms with E-state index in [-0.39, 0.29) is 0 Å². The Morgan fingerprint density at radius 2 is 0.826 bits per heavy atom. The summed E-state index contributed by atoms with van der Waals surface area (Å²) in [4.78, 5) is 15.6. The third-order valence-corrected chi connectivity index (χ3v) is 8.89. The average molecular weight is 586 g/mol. The predicted octanol–water partition coefficient (Wildman–Crippen LogP) is 11.2. The maximum Gasteiger partial charge on any atom is 0.164 e. The zero-order valence-electron chi connectivity index (χ0n) is 24.9. The number of benzene rings is 8. The van der Waals surface area contributed by atoms with Crippen LogP contribution >= 0.6 is 0 Å². The summed E-state index contributed by atoms with van der Waals surface area (Å²) in [6.07, 6.45) is 0. The molecular weight excluding hydrogens is 558 g/mol. The van der Waals surface area contributed by atoms with E-state index < -0.39 is 0 Å². The molecule has 0 spiro atoms. The highest BCUT2D eigenvalue weighted by atomic mass is 15.0. The van der Waals surface area contributed by atoms with Crippen molar-refractivity contribution >= 4 is 43.1 Å². The van der Waals surface area contributed by atoms with Gasteiger partial charge in [0, 0.05) is 22.1 Å². The molecule has 3 nitrogen and oxygen atoms in total. The normalized spacial score (nSPS) is 11.5. The molecule has 3 heteroatoms. The Morgan fingerprint density at radius 1 is 0.283 bits per heavy atom. The van der Waals surface area contributed by atoms with E-state index in [0.29, 0.717) is 17.5 Å². The van der Waals surface area contributed by atoms with Gasteiger partial charge in [-0.05, 0) is 61.0 Å². The quantitative estimate of drug-likeness (QED) is 0.193. The second kappa shape index (κ2) is 10.8. The fourth-order valence-corrected chi connectivity index (χ4v) is 6.68. The Labute approximate surface area is 266 Å². The molecule has 9 rings (SSSR count). The first-order valence-electron chi connectivity index (χ1n) is 15.5. The van der Waals surface area contributed by atoms with Gasteiger partial charge in [0.25, 0.3) is 0 Å². The lowest BCUT2D eigenvalue weighted by atomic mass is 9.93. The minimum atomic E-state index is 0.649. The molecule has 0 aliphatic heterocycles. The molecule has 0 aliphatic rings. The van der Waals surface area contributed by atoms with Gasteiger partial charge in [-0.25, -0.2) is 15.0 Å². The number of fused-ring (bicyclic) bond motifs is 6. The van der Waals surface area contributed by atoms with Gasteiger partial charge in [-0.3, -0.25) is 0 Å². The third-order valence-electron chi connectivity index (χ3n) is 8.89. The van der Waals surface area contributed by atoms with Gasteiger partial charge >= 0.3 is 0 Å². The highest BCUT2D eigenvalue weighted by Gasteiger charge is 2.19. The lowest BCUT2D eigenvalue weighted by molar-refractivity contribution is 1.08. The Balaban J connectivity index is 1.36. The molecule has 0 atom stereocenters. The van der Waals surface area contributed by atoms with Crippen LogP contribution in [0.4, 0.5) is 0 Å². The van der Waals surface area contributed by atoms with Crippen LogP contribution in [0.2, 0.25) is 0 Å². The first-order chi connectivity index (χ1) is 22.8. The molecule has 0 amide bonds. The van der Waals surface area contributed by atoms with E-state index in [9.17, 15) is 0 Å². The van der Waals surface area contributed by atoms with E-state index in [4.69, 9.17) is 15.0 Å². The Bertz CT molecular complexity index is 2570. The Morgan fingerprint density at radius 3 is 1.59 bits per heavy atom. The summed E-state index contributed by atoms with van der Waals surface area (Å²) in [5, 5.41) is 9.48. The van der Waals surface area contributed by atoms with Gasteiger partial charge in [0.05, 0.1) is 0 Å². The van der Waals surface area contributed by atoms with Gasteiger partial charge in [0.1, 0.15) is 0 Å². The van der Waals surface area contributed by atoms with Crippen molar-refractivity contribution in [2.45, 2.75) is 0 Å². The standard InChI is InChI=1S/C43H27N3/c1-3-12-28(13-4-1)38-26-32-17-7-8-18-33(32)27-39(38)43-45-41(31-15-5-2-6-16-31)44-42(46-43)37-21-11-19-30-23-24-35-34-20-10-9-14-29(34)22-25-36(35)40(30)37/h1-27H. The first-order valence-corrected chi connectivity index (χ1v) is 15.5. The van der Waals surface area contributed by atoms with Gasteiger partial charge in [-0.1, -0.05) is 152 Å². The molecule has 0 unspecified atom stereocenters. The summed E-state index contributed by atoms with van der Waals surface area (Å²) >= 11 is 0. The maximum atomic E-state index is 5.29. The summed E-state index contributed by atoms with van der Waals surface area (Å²) in [5.41, 5.74) is 5.12. The van der Waals surface area contributed by atoms with Crippen LogP contribution in [-0.2, 0) is 0 Å². The van der Waals surface area contributed by atoms with Crippen molar-refractivity contribution in [3.8, 4) is 45.3 Å². The van der Waals surface area contributed by atoms with Gasteiger partial charge in [-0.15, -0.1) is 0 Å². The minimum Gasteiger partial charge on any atom is -0.208 e. The third kappa shape index (κ3) is 4.41.